The van der Waals surface area contributed by atoms with Crippen LogP contribution in [0.4, 0.5) is 0 Å². The summed E-state index contributed by atoms with van der Waals surface area (Å²) in [5, 5.41) is 7.87. The van der Waals surface area contributed by atoms with Gasteiger partial charge in [0.1, 0.15) is 11.5 Å². The zero-order valence-corrected chi connectivity index (χ0v) is 13.3. The molecule has 1 N–H and O–H groups in total. The first-order valence-electron chi connectivity index (χ1n) is 7.07. The van der Waals surface area contributed by atoms with Gasteiger partial charge in [0.15, 0.2) is 0 Å². The maximum absolute atomic E-state index is 5.52. The number of rotatable bonds is 6. The van der Waals surface area contributed by atoms with Gasteiger partial charge in [0, 0.05) is 7.05 Å². The molecular weight excluding hydrogens is 266 g/mol. The fraction of sp³-hybridized carbons (Fsp3) is 0.438. The first-order valence-corrected chi connectivity index (χ1v) is 7.07. The number of nitrogens with one attached hydrogen (secondary N) is 1. The third-order valence-electron chi connectivity index (χ3n) is 3.67. The monoisotopic (exact) mass is 289 g/mol. The van der Waals surface area contributed by atoms with Gasteiger partial charge >= 0.3 is 0 Å². The topological polar surface area (TPSA) is 48.3 Å². The molecule has 21 heavy (non-hydrogen) atoms. The number of hydrogen-bond acceptors (Lipinski definition) is 4. The lowest BCUT2D eigenvalue weighted by Gasteiger charge is -2.22. The van der Waals surface area contributed by atoms with E-state index in [1.54, 1.807) is 14.2 Å². The first kappa shape index (κ1) is 15.4. The molecule has 2 rings (SSSR count). The molecule has 5 heteroatoms. The minimum atomic E-state index is -0.0473. The van der Waals surface area contributed by atoms with Crippen LogP contribution in [0.1, 0.15) is 29.9 Å². The van der Waals surface area contributed by atoms with Crippen LogP contribution in [0.5, 0.6) is 11.5 Å². The van der Waals surface area contributed by atoms with Gasteiger partial charge in [-0.05, 0) is 31.7 Å². The number of aromatic nitrogens is 2. The van der Waals surface area contributed by atoms with Gasteiger partial charge in [-0.25, -0.2) is 0 Å². The smallest absolute Gasteiger partial charge is 0.127 e. The standard InChI is InChI=1S/C16H23N3O2/c1-6-11-10-12(19(3)18-11)16(17-2)15-13(20-4)8-7-9-14(15)21-5/h7-10,16-17H,6H2,1-5H3. The summed E-state index contributed by atoms with van der Waals surface area (Å²) < 4.78 is 12.9. The van der Waals surface area contributed by atoms with Crippen molar-refractivity contribution in [1.82, 2.24) is 15.1 Å². The predicted molar refractivity (Wildman–Crippen MR) is 83.0 cm³/mol. The lowest BCUT2D eigenvalue weighted by atomic mass is 10.0. The van der Waals surface area contributed by atoms with Crippen LogP contribution in [-0.2, 0) is 13.5 Å². The number of hydrogen-bond donors (Lipinski definition) is 1. The summed E-state index contributed by atoms with van der Waals surface area (Å²) in [6, 6.07) is 7.88. The van der Waals surface area contributed by atoms with Gasteiger partial charge in [-0.2, -0.15) is 5.10 Å². The van der Waals surface area contributed by atoms with Crippen molar-refractivity contribution in [2.45, 2.75) is 19.4 Å². The Morgan fingerprint density at radius 2 is 1.86 bits per heavy atom. The Balaban J connectivity index is 2.57. The van der Waals surface area contributed by atoms with Crippen molar-refractivity contribution in [2.75, 3.05) is 21.3 Å². The fourth-order valence-electron chi connectivity index (χ4n) is 2.59. The molecule has 1 atom stereocenters. The summed E-state index contributed by atoms with van der Waals surface area (Å²) >= 11 is 0. The average molecular weight is 289 g/mol. The van der Waals surface area contributed by atoms with Crippen molar-refractivity contribution in [1.29, 1.82) is 0 Å². The molecule has 0 radical (unpaired) electrons. The van der Waals surface area contributed by atoms with Crippen LogP contribution in [-0.4, -0.2) is 31.0 Å². The SMILES string of the molecule is CCc1cc(C(NC)c2c(OC)cccc2OC)n(C)n1. The summed E-state index contributed by atoms with van der Waals surface area (Å²) in [7, 11) is 7.23. The van der Waals surface area contributed by atoms with Crippen LogP contribution in [0.3, 0.4) is 0 Å². The molecular formula is C16H23N3O2. The minimum absolute atomic E-state index is 0.0473. The Hall–Kier alpha value is -2.01. The van der Waals surface area contributed by atoms with Gasteiger partial charge in [0.25, 0.3) is 0 Å². The summed E-state index contributed by atoms with van der Waals surface area (Å²) in [6.45, 7) is 2.10. The molecule has 5 nitrogen and oxygen atoms in total. The molecule has 0 aliphatic rings. The van der Waals surface area contributed by atoms with Crippen molar-refractivity contribution < 1.29 is 9.47 Å². The fourth-order valence-corrected chi connectivity index (χ4v) is 2.59. The number of aryl methyl sites for hydroxylation is 2. The van der Waals surface area contributed by atoms with Gasteiger partial charge in [-0.15, -0.1) is 0 Å². The number of benzene rings is 1. The van der Waals surface area contributed by atoms with Crippen LogP contribution in [0.2, 0.25) is 0 Å². The molecule has 1 aromatic carbocycles. The lowest BCUT2D eigenvalue weighted by Crippen LogP contribution is -2.22. The molecule has 0 aliphatic carbocycles. The number of nitrogens with zero attached hydrogens (tertiary/aromatic N) is 2. The molecule has 0 spiro atoms. The third-order valence-corrected chi connectivity index (χ3v) is 3.67. The average Bonchev–Trinajstić information content (AvgIpc) is 2.89. The Bertz CT molecular complexity index is 585. The highest BCUT2D eigenvalue weighted by atomic mass is 16.5. The first-order chi connectivity index (χ1) is 10.2. The van der Waals surface area contributed by atoms with Crippen molar-refractivity contribution in [3.8, 4) is 11.5 Å². The number of methoxy groups -OCH3 is 2. The summed E-state index contributed by atoms with van der Waals surface area (Å²) in [5.74, 6) is 1.60. The van der Waals surface area contributed by atoms with Gasteiger partial charge in [-0.3, -0.25) is 4.68 Å². The van der Waals surface area contributed by atoms with Gasteiger partial charge < -0.3 is 14.8 Å². The molecule has 2 aromatic rings. The van der Waals surface area contributed by atoms with E-state index in [2.05, 4.69) is 23.4 Å². The molecule has 0 saturated heterocycles. The summed E-state index contributed by atoms with van der Waals surface area (Å²) in [4.78, 5) is 0. The lowest BCUT2D eigenvalue weighted by molar-refractivity contribution is 0.377. The second-order valence-electron chi connectivity index (χ2n) is 4.84. The van der Waals surface area contributed by atoms with Crippen LogP contribution in [0, 0.1) is 0 Å². The molecule has 0 saturated carbocycles. The van der Waals surface area contributed by atoms with Gasteiger partial charge in [-0.1, -0.05) is 13.0 Å². The third kappa shape index (κ3) is 2.88. The molecule has 1 unspecified atom stereocenters. The van der Waals surface area contributed by atoms with Crippen molar-refractivity contribution >= 4 is 0 Å². The number of ether oxygens (including phenoxy) is 2. The maximum atomic E-state index is 5.52. The molecule has 114 valence electrons. The van der Waals surface area contributed by atoms with E-state index >= 15 is 0 Å². The van der Waals surface area contributed by atoms with Crippen LogP contribution in [0.25, 0.3) is 0 Å². The van der Waals surface area contributed by atoms with Crippen LogP contribution >= 0.6 is 0 Å². The molecule has 1 heterocycles. The minimum Gasteiger partial charge on any atom is -0.496 e. The van der Waals surface area contributed by atoms with Crippen LogP contribution < -0.4 is 14.8 Å². The second kappa shape index (κ2) is 6.63. The van der Waals surface area contributed by atoms with E-state index in [4.69, 9.17) is 9.47 Å². The van der Waals surface area contributed by atoms with Crippen molar-refractivity contribution in [2.24, 2.45) is 7.05 Å². The quantitative estimate of drug-likeness (QED) is 0.886. The normalized spacial score (nSPS) is 12.2. The van der Waals surface area contributed by atoms with Crippen molar-refractivity contribution in [3.05, 3.63) is 41.2 Å². The van der Waals surface area contributed by atoms with E-state index in [0.29, 0.717) is 0 Å². The van der Waals surface area contributed by atoms with E-state index in [1.807, 2.05) is 37.0 Å². The largest absolute Gasteiger partial charge is 0.496 e. The van der Waals surface area contributed by atoms with E-state index in [-0.39, 0.29) is 6.04 Å². The molecule has 0 fully saturated rings. The highest BCUT2D eigenvalue weighted by Gasteiger charge is 2.24. The van der Waals surface area contributed by atoms with E-state index < -0.39 is 0 Å². The van der Waals surface area contributed by atoms with Crippen molar-refractivity contribution in [3.63, 3.8) is 0 Å². The maximum Gasteiger partial charge on any atom is 0.127 e. The van der Waals surface area contributed by atoms with E-state index in [1.165, 1.54) is 0 Å². The highest BCUT2D eigenvalue weighted by Crippen LogP contribution is 2.37. The Morgan fingerprint density at radius 1 is 1.24 bits per heavy atom. The Kier molecular flexibility index (Phi) is 4.85. The predicted octanol–water partition coefficient (Wildman–Crippen LogP) is 2.31. The zero-order chi connectivity index (χ0) is 15.4. The molecule has 0 amide bonds. The summed E-state index contributed by atoms with van der Waals surface area (Å²) in [5.41, 5.74) is 3.13. The van der Waals surface area contributed by atoms with Crippen LogP contribution in [0.15, 0.2) is 24.3 Å². The van der Waals surface area contributed by atoms with Gasteiger partial charge in [0.2, 0.25) is 0 Å². The highest BCUT2D eigenvalue weighted by molar-refractivity contribution is 5.49. The molecule has 1 aromatic heterocycles. The zero-order valence-electron chi connectivity index (χ0n) is 13.3. The Morgan fingerprint density at radius 3 is 2.29 bits per heavy atom. The van der Waals surface area contributed by atoms with Gasteiger partial charge in [0.05, 0.1) is 37.2 Å². The second-order valence-corrected chi connectivity index (χ2v) is 4.84. The van der Waals surface area contributed by atoms with E-state index in [0.717, 1.165) is 34.9 Å². The molecule has 0 aliphatic heterocycles. The Labute approximate surface area is 125 Å². The van der Waals surface area contributed by atoms with E-state index in [9.17, 15) is 0 Å². The molecule has 0 bridgehead atoms. The summed E-state index contributed by atoms with van der Waals surface area (Å²) in [6.07, 6.45) is 0.910.